The van der Waals surface area contributed by atoms with Crippen LogP contribution in [0.1, 0.15) is 18.1 Å². The van der Waals surface area contributed by atoms with Crippen LogP contribution in [0.4, 0.5) is 13.2 Å². The van der Waals surface area contributed by atoms with Gasteiger partial charge in [0.2, 0.25) is 5.91 Å². The normalized spacial score (nSPS) is 14.3. The highest BCUT2D eigenvalue weighted by molar-refractivity contribution is 5.95. The number of alkyl halides is 3. The third-order valence-corrected chi connectivity index (χ3v) is 2.84. The molecular weight excluding hydrogens is 317 g/mol. The predicted octanol–water partition coefficient (Wildman–Crippen LogP) is 1.09. The Hall–Kier alpha value is -2.39. The molecular formula is C14H15F3N2O4. The second-order valence-electron chi connectivity index (χ2n) is 4.66. The highest BCUT2D eigenvalue weighted by atomic mass is 19.4. The molecule has 0 heterocycles. The Morgan fingerprint density at radius 3 is 2.22 bits per heavy atom. The lowest BCUT2D eigenvalue weighted by Gasteiger charge is -2.18. The maximum absolute atomic E-state index is 12.4. The van der Waals surface area contributed by atoms with E-state index in [-0.39, 0.29) is 0 Å². The monoisotopic (exact) mass is 332 g/mol. The molecule has 0 spiro atoms. The van der Waals surface area contributed by atoms with Crippen molar-refractivity contribution in [2.75, 3.05) is 0 Å². The van der Waals surface area contributed by atoms with Crippen LogP contribution in [0.5, 0.6) is 0 Å². The number of carbonyl (C=O) groups excluding carboxylic acids is 2. The molecule has 1 aromatic carbocycles. The number of carbonyl (C=O) groups is 2. The van der Waals surface area contributed by atoms with Crippen LogP contribution in [0.25, 0.3) is 6.08 Å². The number of hydroxylamine groups is 1. The van der Waals surface area contributed by atoms with Gasteiger partial charge in [0.25, 0.3) is 5.91 Å². The van der Waals surface area contributed by atoms with Crippen LogP contribution >= 0.6 is 0 Å². The van der Waals surface area contributed by atoms with E-state index in [1.165, 1.54) is 30.6 Å². The van der Waals surface area contributed by atoms with Crippen LogP contribution in [-0.2, 0) is 15.8 Å². The van der Waals surface area contributed by atoms with Crippen molar-refractivity contribution in [2.24, 2.45) is 0 Å². The minimum atomic E-state index is -4.44. The van der Waals surface area contributed by atoms with Gasteiger partial charge in [0, 0.05) is 6.08 Å². The number of aliphatic hydroxyl groups excluding tert-OH is 1. The summed E-state index contributed by atoms with van der Waals surface area (Å²) in [6, 6.07) is 2.73. The second kappa shape index (κ2) is 7.75. The molecule has 1 aromatic rings. The third kappa shape index (κ3) is 5.72. The lowest BCUT2D eigenvalue weighted by Crippen LogP contribution is -2.51. The van der Waals surface area contributed by atoms with Crippen LogP contribution in [-0.4, -0.2) is 34.3 Å². The average Bonchev–Trinajstić information content (AvgIpc) is 2.49. The molecule has 2 atom stereocenters. The Labute approximate surface area is 129 Å². The molecule has 0 fully saturated rings. The lowest BCUT2D eigenvalue weighted by molar-refractivity contribution is -0.137. The Bertz CT molecular complexity index is 583. The molecule has 2 amide bonds. The van der Waals surface area contributed by atoms with Gasteiger partial charge < -0.3 is 10.4 Å². The zero-order valence-electron chi connectivity index (χ0n) is 12.0. The van der Waals surface area contributed by atoms with Gasteiger partial charge in [-0.3, -0.25) is 14.8 Å². The molecule has 6 nitrogen and oxygen atoms in total. The summed E-state index contributed by atoms with van der Waals surface area (Å²) in [5.41, 5.74) is 0.831. The molecule has 0 aromatic heterocycles. The Kier molecular flexibility index (Phi) is 6.28. The smallest absolute Gasteiger partial charge is 0.391 e. The molecule has 0 saturated carbocycles. The summed E-state index contributed by atoms with van der Waals surface area (Å²) in [6.07, 6.45) is -3.47. The first kappa shape index (κ1) is 18.7. The number of benzene rings is 1. The van der Waals surface area contributed by atoms with E-state index in [1.54, 1.807) is 0 Å². The number of hydrogen-bond acceptors (Lipinski definition) is 4. The largest absolute Gasteiger partial charge is 0.416 e. The van der Waals surface area contributed by atoms with Gasteiger partial charge in [0.15, 0.2) is 0 Å². The molecule has 0 aliphatic heterocycles. The Morgan fingerprint density at radius 1 is 1.22 bits per heavy atom. The molecule has 4 N–H and O–H groups in total. The van der Waals surface area contributed by atoms with E-state index in [4.69, 9.17) is 5.21 Å². The van der Waals surface area contributed by atoms with Crippen LogP contribution in [0.3, 0.4) is 0 Å². The van der Waals surface area contributed by atoms with E-state index in [1.807, 2.05) is 0 Å². The highest BCUT2D eigenvalue weighted by Crippen LogP contribution is 2.29. The first-order valence-electron chi connectivity index (χ1n) is 6.43. The fraction of sp³-hybridized carbons (Fsp3) is 0.286. The van der Waals surface area contributed by atoms with Crippen LogP contribution < -0.4 is 10.8 Å². The fourth-order valence-electron chi connectivity index (χ4n) is 1.63. The van der Waals surface area contributed by atoms with Crippen LogP contribution in [0, 0.1) is 0 Å². The maximum atomic E-state index is 12.4. The molecule has 1 rings (SSSR count). The predicted molar refractivity (Wildman–Crippen MR) is 74.0 cm³/mol. The van der Waals surface area contributed by atoms with Crippen molar-refractivity contribution in [1.82, 2.24) is 10.8 Å². The molecule has 0 aliphatic rings. The summed E-state index contributed by atoms with van der Waals surface area (Å²) in [5.74, 6) is -1.77. The summed E-state index contributed by atoms with van der Waals surface area (Å²) in [6.45, 7) is 1.24. The maximum Gasteiger partial charge on any atom is 0.416 e. The van der Waals surface area contributed by atoms with Gasteiger partial charge in [-0.05, 0) is 30.7 Å². The topological polar surface area (TPSA) is 98.7 Å². The fourth-order valence-corrected chi connectivity index (χ4v) is 1.63. The van der Waals surface area contributed by atoms with Gasteiger partial charge in [-0.25, -0.2) is 5.48 Å². The molecule has 0 unspecified atom stereocenters. The van der Waals surface area contributed by atoms with E-state index in [2.05, 4.69) is 5.32 Å². The minimum Gasteiger partial charge on any atom is -0.391 e. The third-order valence-electron chi connectivity index (χ3n) is 2.84. The van der Waals surface area contributed by atoms with Crippen molar-refractivity contribution in [3.05, 3.63) is 41.5 Å². The lowest BCUT2D eigenvalue weighted by atomic mass is 10.1. The molecule has 0 aliphatic carbocycles. The number of amides is 2. The molecule has 0 saturated heterocycles. The first-order valence-corrected chi connectivity index (χ1v) is 6.43. The van der Waals surface area contributed by atoms with E-state index in [0.717, 1.165) is 18.2 Å². The molecule has 0 radical (unpaired) electrons. The molecule has 0 bridgehead atoms. The number of rotatable bonds is 5. The van der Waals surface area contributed by atoms with E-state index >= 15 is 0 Å². The summed E-state index contributed by atoms with van der Waals surface area (Å²) >= 11 is 0. The highest BCUT2D eigenvalue weighted by Gasteiger charge is 2.29. The van der Waals surface area contributed by atoms with Crippen molar-refractivity contribution in [3.63, 3.8) is 0 Å². The van der Waals surface area contributed by atoms with Gasteiger partial charge in [0.05, 0.1) is 11.7 Å². The van der Waals surface area contributed by atoms with E-state index in [9.17, 15) is 27.9 Å². The van der Waals surface area contributed by atoms with Gasteiger partial charge in [0.1, 0.15) is 6.04 Å². The number of nitrogens with one attached hydrogen (secondary N) is 2. The first-order chi connectivity index (χ1) is 10.6. The summed E-state index contributed by atoms with van der Waals surface area (Å²) in [4.78, 5) is 22.9. The van der Waals surface area contributed by atoms with Crippen molar-refractivity contribution < 1.29 is 33.1 Å². The number of halogens is 3. The van der Waals surface area contributed by atoms with E-state index < -0.39 is 35.7 Å². The van der Waals surface area contributed by atoms with Crippen molar-refractivity contribution >= 4 is 17.9 Å². The van der Waals surface area contributed by atoms with E-state index in [0.29, 0.717) is 5.56 Å². The minimum absolute atomic E-state index is 0.341. The van der Waals surface area contributed by atoms with Gasteiger partial charge in [-0.1, -0.05) is 12.1 Å². The Balaban J connectivity index is 2.73. The number of aliphatic hydroxyl groups is 1. The van der Waals surface area contributed by atoms with Crippen LogP contribution in [0.15, 0.2) is 30.3 Å². The summed E-state index contributed by atoms with van der Waals surface area (Å²) in [5, 5.41) is 20.0. The molecule has 23 heavy (non-hydrogen) atoms. The van der Waals surface area contributed by atoms with Crippen LogP contribution in [0.2, 0.25) is 0 Å². The zero-order chi connectivity index (χ0) is 17.6. The standard InChI is InChI=1S/C14H15F3N2O4/c1-8(20)12(13(22)19-23)18-11(21)7-4-9-2-5-10(6-3-9)14(15,16)17/h2-8,12,20,23H,1H3,(H,18,21)(H,19,22)/b7-4+/t8-,12+/m1/s1. The number of hydrogen-bond donors (Lipinski definition) is 4. The van der Waals surface area contributed by atoms with Gasteiger partial charge in [-0.2, -0.15) is 13.2 Å². The summed E-state index contributed by atoms with van der Waals surface area (Å²) in [7, 11) is 0. The van der Waals surface area contributed by atoms with Crippen molar-refractivity contribution in [3.8, 4) is 0 Å². The second-order valence-corrected chi connectivity index (χ2v) is 4.66. The summed E-state index contributed by atoms with van der Waals surface area (Å²) < 4.78 is 37.2. The zero-order valence-corrected chi connectivity index (χ0v) is 12.0. The molecule has 9 heteroatoms. The van der Waals surface area contributed by atoms with Crippen molar-refractivity contribution in [1.29, 1.82) is 0 Å². The average molecular weight is 332 g/mol. The van der Waals surface area contributed by atoms with Crippen molar-refractivity contribution in [2.45, 2.75) is 25.2 Å². The van der Waals surface area contributed by atoms with Gasteiger partial charge >= 0.3 is 6.18 Å². The molecule has 126 valence electrons. The quantitative estimate of drug-likeness (QED) is 0.368. The van der Waals surface area contributed by atoms with Gasteiger partial charge in [-0.15, -0.1) is 0 Å². The SMILES string of the molecule is C[C@@H](O)[C@H](NC(=O)/C=C/c1ccc(C(F)(F)F)cc1)C(=O)NO. The Morgan fingerprint density at radius 2 is 1.78 bits per heavy atom.